The van der Waals surface area contributed by atoms with Crippen LogP contribution in [0.25, 0.3) is 22.5 Å². The van der Waals surface area contributed by atoms with Gasteiger partial charge in [0.15, 0.2) is 0 Å². The molecule has 1 saturated carbocycles. The molecule has 1 aliphatic rings. The van der Waals surface area contributed by atoms with Crippen molar-refractivity contribution in [2.24, 2.45) is 5.92 Å². The largest absolute Gasteiger partial charge is 0.352 e. The monoisotopic (exact) mass is 344 g/mol. The van der Waals surface area contributed by atoms with E-state index in [-0.39, 0.29) is 11.8 Å². The van der Waals surface area contributed by atoms with E-state index in [1.165, 1.54) is 0 Å². The number of aryl methyl sites for hydroxylation is 1. The minimum atomic E-state index is 0.165. The number of nitrogens with one attached hydrogen (secondary N) is 1. The Balaban J connectivity index is 1.59. The number of amides is 1. The molecule has 0 atom stereocenters. The average Bonchev–Trinajstić information content (AvgIpc) is 3.52. The first-order valence-electron chi connectivity index (χ1n) is 8.83. The summed E-state index contributed by atoms with van der Waals surface area (Å²) in [6.07, 6.45) is 5.64. The van der Waals surface area contributed by atoms with E-state index < -0.39 is 0 Å². The number of nitrogens with zero attached hydrogens (tertiary/aromatic N) is 3. The maximum Gasteiger partial charge on any atom is 0.223 e. The lowest BCUT2D eigenvalue weighted by Crippen LogP contribution is -2.24. The van der Waals surface area contributed by atoms with E-state index in [0.717, 1.165) is 46.7 Å². The van der Waals surface area contributed by atoms with Gasteiger partial charge in [-0.05, 0) is 37.5 Å². The third-order valence-corrected chi connectivity index (χ3v) is 4.49. The van der Waals surface area contributed by atoms with Gasteiger partial charge in [0.25, 0.3) is 0 Å². The van der Waals surface area contributed by atoms with Crippen molar-refractivity contribution in [3.63, 3.8) is 0 Å². The van der Waals surface area contributed by atoms with Crippen molar-refractivity contribution in [1.29, 1.82) is 0 Å². The summed E-state index contributed by atoms with van der Waals surface area (Å²) in [6.45, 7) is 2.44. The van der Waals surface area contributed by atoms with Crippen molar-refractivity contribution < 1.29 is 4.79 Å². The SMILES string of the molecule is Cc1ncc(-c2ccccn2)c(-c2ccc(CNC(=O)C3CC3)cc2)n1. The molecule has 130 valence electrons. The Morgan fingerprint density at radius 1 is 1.12 bits per heavy atom. The number of hydrogen-bond donors (Lipinski definition) is 1. The molecule has 0 unspecified atom stereocenters. The van der Waals surface area contributed by atoms with E-state index in [4.69, 9.17) is 0 Å². The number of carbonyl (C=O) groups is 1. The number of benzene rings is 1. The average molecular weight is 344 g/mol. The fraction of sp³-hybridized carbons (Fsp3) is 0.238. The van der Waals surface area contributed by atoms with Gasteiger partial charge in [0.05, 0.1) is 11.4 Å². The Labute approximate surface area is 152 Å². The fourth-order valence-electron chi connectivity index (χ4n) is 2.86. The van der Waals surface area contributed by atoms with Crippen LogP contribution in [0.5, 0.6) is 0 Å². The van der Waals surface area contributed by atoms with Gasteiger partial charge in [-0.3, -0.25) is 9.78 Å². The first kappa shape index (κ1) is 16.4. The molecular weight excluding hydrogens is 324 g/mol. The molecule has 1 aromatic carbocycles. The second kappa shape index (κ2) is 7.04. The zero-order valence-corrected chi connectivity index (χ0v) is 14.6. The van der Waals surface area contributed by atoms with Gasteiger partial charge < -0.3 is 5.32 Å². The van der Waals surface area contributed by atoms with E-state index in [1.54, 1.807) is 6.20 Å². The molecular formula is C21H20N4O. The van der Waals surface area contributed by atoms with E-state index in [0.29, 0.717) is 6.54 Å². The minimum Gasteiger partial charge on any atom is -0.352 e. The maximum atomic E-state index is 11.8. The zero-order chi connectivity index (χ0) is 17.9. The van der Waals surface area contributed by atoms with Gasteiger partial charge in [-0.15, -0.1) is 0 Å². The van der Waals surface area contributed by atoms with Crippen molar-refractivity contribution in [2.75, 3.05) is 0 Å². The summed E-state index contributed by atoms with van der Waals surface area (Å²) in [5.74, 6) is 1.12. The summed E-state index contributed by atoms with van der Waals surface area (Å²) < 4.78 is 0. The molecule has 5 nitrogen and oxygen atoms in total. The van der Waals surface area contributed by atoms with Crippen molar-refractivity contribution in [3.8, 4) is 22.5 Å². The Kier molecular flexibility index (Phi) is 4.44. The standard InChI is InChI=1S/C21H20N4O/c1-14-23-13-18(19-4-2-3-11-22-19)20(25-14)16-7-5-15(6-8-16)12-24-21(26)17-9-10-17/h2-8,11,13,17H,9-10,12H2,1H3,(H,24,26). The predicted octanol–water partition coefficient (Wildman–Crippen LogP) is 3.54. The quantitative estimate of drug-likeness (QED) is 0.769. The van der Waals surface area contributed by atoms with Gasteiger partial charge in [0.2, 0.25) is 5.91 Å². The highest BCUT2D eigenvalue weighted by atomic mass is 16.2. The molecule has 1 amide bonds. The summed E-state index contributed by atoms with van der Waals surface area (Å²) in [6, 6.07) is 13.9. The van der Waals surface area contributed by atoms with Crippen LogP contribution in [0.15, 0.2) is 54.9 Å². The van der Waals surface area contributed by atoms with Gasteiger partial charge in [-0.2, -0.15) is 0 Å². The molecule has 1 N–H and O–H groups in total. The van der Waals surface area contributed by atoms with Crippen molar-refractivity contribution >= 4 is 5.91 Å². The summed E-state index contributed by atoms with van der Waals surface area (Å²) in [5.41, 5.74) is 4.71. The predicted molar refractivity (Wildman–Crippen MR) is 100 cm³/mol. The number of hydrogen-bond acceptors (Lipinski definition) is 4. The van der Waals surface area contributed by atoms with Crippen LogP contribution < -0.4 is 5.32 Å². The topological polar surface area (TPSA) is 67.8 Å². The van der Waals surface area contributed by atoms with Gasteiger partial charge >= 0.3 is 0 Å². The summed E-state index contributed by atoms with van der Waals surface area (Å²) in [7, 11) is 0. The molecule has 26 heavy (non-hydrogen) atoms. The zero-order valence-electron chi connectivity index (χ0n) is 14.6. The molecule has 0 saturated heterocycles. The molecule has 0 spiro atoms. The molecule has 0 bridgehead atoms. The fourth-order valence-corrected chi connectivity index (χ4v) is 2.86. The molecule has 0 aliphatic heterocycles. The van der Waals surface area contributed by atoms with Crippen molar-refractivity contribution in [3.05, 3.63) is 66.2 Å². The van der Waals surface area contributed by atoms with Gasteiger partial charge in [-0.1, -0.05) is 30.3 Å². The summed E-state index contributed by atoms with van der Waals surface area (Å²) in [5, 5.41) is 2.99. The van der Waals surface area contributed by atoms with Gasteiger partial charge in [0, 0.05) is 36.0 Å². The van der Waals surface area contributed by atoms with Crippen molar-refractivity contribution in [1.82, 2.24) is 20.3 Å². The van der Waals surface area contributed by atoms with Crippen LogP contribution in [-0.2, 0) is 11.3 Å². The van der Waals surface area contributed by atoms with Crippen LogP contribution in [-0.4, -0.2) is 20.9 Å². The molecule has 1 aliphatic carbocycles. The second-order valence-electron chi connectivity index (χ2n) is 6.58. The number of rotatable bonds is 5. The lowest BCUT2D eigenvalue weighted by Gasteiger charge is -2.10. The van der Waals surface area contributed by atoms with E-state index in [1.807, 2.05) is 55.6 Å². The van der Waals surface area contributed by atoms with Crippen molar-refractivity contribution in [2.45, 2.75) is 26.3 Å². The Morgan fingerprint density at radius 2 is 1.92 bits per heavy atom. The van der Waals surface area contributed by atoms with Crippen LogP contribution in [0.1, 0.15) is 24.2 Å². The van der Waals surface area contributed by atoms with Gasteiger partial charge in [-0.25, -0.2) is 9.97 Å². The van der Waals surface area contributed by atoms with Crippen LogP contribution >= 0.6 is 0 Å². The number of carbonyl (C=O) groups excluding carboxylic acids is 1. The minimum absolute atomic E-state index is 0.165. The molecule has 2 aromatic heterocycles. The summed E-state index contributed by atoms with van der Waals surface area (Å²) in [4.78, 5) is 25.2. The Hall–Kier alpha value is -3.08. The van der Waals surface area contributed by atoms with E-state index in [9.17, 15) is 4.79 Å². The molecule has 1 fully saturated rings. The number of pyridine rings is 1. The highest BCUT2D eigenvalue weighted by molar-refractivity contribution is 5.81. The highest BCUT2D eigenvalue weighted by Gasteiger charge is 2.29. The Bertz CT molecular complexity index is 919. The summed E-state index contributed by atoms with van der Waals surface area (Å²) >= 11 is 0. The first-order valence-corrected chi connectivity index (χ1v) is 8.83. The van der Waals surface area contributed by atoms with Gasteiger partial charge in [0.1, 0.15) is 5.82 Å². The molecule has 3 aromatic rings. The molecule has 2 heterocycles. The third-order valence-electron chi connectivity index (χ3n) is 4.49. The van der Waals surface area contributed by atoms with Crippen LogP contribution in [0, 0.1) is 12.8 Å². The van der Waals surface area contributed by atoms with E-state index >= 15 is 0 Å². The highest BCUT2D eigenvalue weighted by Crippen LogP contribution is 2.30. The second-order valence-corrected chi connectivity index (χ2v) is 6.58. The Morgan fingerprint density at radius 3 is 2.62 bits per heavy atom. The third kappa shape index (κ3) is 3.61. The number of aromatic nitrogens is 3. The lowest BCUT2D eigenvalue weighted by molar-refractivity contribution is -0.122. The molecule has 4 rings (SSSR count). The van der Waals surface area contributed by atoms with Crippen LogP contribution in [0.3, 0.4) is 0 Å². The lowest BCUT2D eigenvalue weighted by atomic mass is 10.0. The van der Waals surface area contributed by atoms with Crippen LogP contribution in [0.4, 0.5) is 0 Å². The first-order chi connectivity index (χ1) is 12.7. The normalized spacial score (nSPS) is 13.4. The van der Waals surface area contributed by atoms with E-state index in [2.05, 4.69) is 20.3 Å². The smallest absolute Gasteiger partial charge is 0.223 e. The van der Waals surface area contributed by atoms with Crippen LogP contribution in [0.2, 0.25) is 0 Å². The maximum absolute atomic E-state index is 11.8. The molecule has 0 radical (unpaired) electrons. The molecule has 5 heteroatoms.